The van der Waals surface area contributed by atoms with E-state index in [9.17, 15) is 9.59 Å². The summed E-state index contributed by atoms with van der Waals surface area (Å²) in [6.45, 7) is 1.56. The molecule has 3 N–H and O–H groups in total. The van der Waals surface area contributed by atoms with E-state index < -0.39 is 24.6 Å². The molecule has 6 nitrogen and oxygen atoms in total. The molecule has 0 aromatic heterocycles. The van der Waals surface area contributed by atoms with Crippen molar-refractivity contribution >= 4 is 11.9 Å². The average Bonchev–Trinajstić information content (AvgIpc) is 2.34. The van der Waals surface area contributed by atoms with Gasteiger partial charge in [-0.15, -0.1) is 0 Å². The van der Waals surface area contributed by atoms with Gasteiger partial charge in [0.25, 0.3) is 0 Å². The highest BCUT2D eigenvalue weighted by Crippen LogP contribution is 2.05. The van der Waals surface area contributed by atoms with Gasteiger partial charge in [-0.05, 0) is 6.42 Å². The Morgan fingerprint density at radius 3 is 2.41 bits per heavy atom. The summed E-state index contributed by atoms with van der Waals surface area (Å²) in [6.07, 6.45) is 5.25. The summed E-state index contributed by atoms with van der Waals surface area (Å²) < 4.78 is 0. The maximum atomic E-state index is 11.1. The van der Waals surface area contributed by atoms with Crippen LogP contribution in [0, 0.1) is 0 Å². The third-order valence-corrected chi connectivity index (χ3v) is 2.20. The van der Waals surface area contributed by atoms with Gasteiger partial charge < -0.3 is 10.8 Å². The zero-order chi connectivity index (χ0) is 13.1. The van der Waals surface area contributed by atoms with Crippen LogP contribution >= 0.6 is 0 Å². The van der Waals surface area contributed by atoms with Crippen LogP contribution in [0.1, 0.15) is 45.4 Å². The van der Waals surface area contributed by atoms with Crippen molar-refractivity contribution < 1.29 is 24.5 Å². The van der Waals surface area contributed by atoms with Crippen molar-refractivity contribution in [2.24, 2.45) is 5.73 Å². The van der Waals surface area contributed by atoms with E-state index >= 15 is 0 Å². The monoisotopic (exact) mass is 247 g/mol. The fourth-order valence-electron chi connectivity index (χ4n) is 1.14. The normalized spacial score (nSPS) is 11.9. The van der Waals surface area contributed by atoms with Gasteiger partial charge in [-0.25, -0.2) is 19.4 Å². The molecule has 0 saturated heterocycles. The molecule has 0 radical (unpaired) electrons. The number of aliphatic hydroxyl groups is 1. The van der Waals surface area contributed by atoms with Crippen LogP contribution in [0.2, 0.25) is 0 Å². The Morgan fingerprint density at radius 2 is 1.82 bits per heavy atom. The van der Waals surface area contributed by atoms with Crippen LogP contribution in [-0.4, -0.2) is 29.7 Å². The van der Waals surface area contributed by atoms with E-state index in [0.29, 0.717) is 6.42 Å². The molecule has 0 bridgehead atoms. The van der Waals surface area contributed by atoms with Crippen molar-refractivity contribution in [1.29, 1.82) is 0 Å². The van der Waals surface area contributed by atoms with Crippen molar-refractivity contribution in [3.8, 4) is 0 Å². The van der Waals surface area contributed by atoms with E-state index in [1.54, 1.807) is 0 Å². The molecule has 0 saturated carbocycles. The van der Waals surface area contributed by atoms with Crippen LogP contribution in [0.15, 0.2) is 0 Å². The highest BCUT2D eigenvalue weighted by molar-refractivity contribution is 5.76. The van der Waals surface area contributed by atoms with Gasteiger partial charge in [-0.2, -0.15) is 0 Å². The first-order valence-corrected chi connectivity index (χ1v) is 5.89. The van der Waals surface area contributed by atoms with Crippen LogP contribution in [-0.2, 0) is 19.4 Å². The number of hydrogen-bond acceptors (Lipinski definition) is 6. The SMILES string of the molecule is CCCCCCCC(=O)OOC(=O)C(N)CO. The Hall–Kier alpha value is -1.14. The average molecular weight is 247 g/mol. The minimum Gasteiger partial charge on any atom is -0.394 e. The number of hydrogen-bond donors (Lipinski definition) is 2. The first kappa shape index (κ1) is 15.9. The van der Waals surface area contributed by atoms with Crippen molar-refractivity contribution in [3.05, 3.63) is 0 Å². The van der Waals surface area contributed by atoms with Crippen molar-refractivity contribution in [2.75, 3.05) is 6.61 Å². The number of carbonyl (C=O) groups is 2. The second-order valence-corrected chi connectivity index (χ2v) is 3.81. The van der Waals surface area contributed by atoms with E-state index in [4.69, 9.17) is 10.8 Å². The number of unbranched alkanes of at least 4 members (excludes halogenated alkanes) is 4. The predicted octanol–water partition coefficient (Wildman–Crippen LogP) is 0.668. The van der Waals surface area contributed by atoms with Gasteiger partial charge in [-0.1, -0.05) is 32.6 Å². The standard InChI is InChI=1S/C11H21NO5/c1-2-3-4-5-6-7-10(14)16-17-11(15)9(12)8-13/h9,13H,2-8,12H2,1H3. The number of rotatable bonds is 8. The quantitative estimate of drug-likeness (QED) is 0.371. The molecule has 0 aromatic carbocycles. The Bertz CT molecular complexity index is 232. The molecule has 0 aliphatic heterocycles. The number of aliphatic hydroxyl groups excluding tert-OH is 1. The first-order chi connectivity index (χ1) is 8.11. The van der Waals surface area contributed by atoms with Gasteiger partial charge in [0.2, 0.25) is 0 Å². The summed E-state index contributed by atoms with van der Waals surface area (Å²) in [5, 5.41) is 8.53. The van der Waals surface area contributed by atoms with Crippen molar-refractivity contribution in [2.45, 2.75) is 51.5 Å². The van der Waals surface area contributed by atoms with Gasteiger partial charge in [0.15, 0.2) is 0 Å². The third-order valence-electron chi connectivity index (χ3n) is 2.20. The van der Waals surface area contributed by atoms with Crippen LogP contribution in [0.25, 0.3) is 0 Å². The van der Waals surface area contributed by atoms with E-state index in [-0.39, 0.29) is 6.42 Å². The molecule has 17 heavy (non-hydrogen) atoms. The lowest BCUT2D eigenvalue weighted by Gasteiger charge is -2.06. The zero-order valence-corrected chi connectivity index (χ0v) is 10.2. The molecule has 1 unspecified atom stereocenters. The fourth-order valence-corrected chi connectivity index (χ4v) is 1.14. The van der Waals surface area contributed by atoms with Crippen molar-refractivity contribution in [3.63, 3.8) is 0 Å². The molecule has 1 atom stereocenters. The Labute approximate surface area is 101 Å². The Morgan fingerprint density at radius 1 is 1.18 bits per heavy atom. The predicted molar refractivity (Wildman–Crippen MR) is 60.6 cm³/mol. The Kier molecular flexibility index (Phi) is 9.37. The maximum absolute atomic E-state index is 11.1. The molecule has 0 aromatic rings. The summed E-state index contributed by atoms with van der Waals surface area (Å²) in [5.41, 5.74) is 5.14. The van der Waals surface area contributed by atoms with Gasteiger partial charge in [0.1, 0.15) is 6.04 Å². The molecule has 100 valence electrons. The summed E-state index contributed by atoms with van der Waals surface area (Å²) in [4.78, 5) is 30.4. The summed E-state index contributed by atoms with van der Waals surface area (Å²) in [6, 6.07) is -1.17. The van der Waals surface area contributed by atoms with Crippen LogP contribution in [0.4, 0.5) is 0 Å². The van der Waals surface area contributed by atoms with Crippen LogP contribution in [0.3, 0.4) is 0 Å². The van der Waals surface area contributed by atoms with E-state index in [1.165, 1.54) is 0 Å². The minimum absolute atomic E-state index is 0.214. The van der Waals surface area contributed by atoms with E-state index in [0.717, 1.165) is 25.7 Å². The molecule has 0 fully saturated rings. The highest BCUT2D eigenvalue weighted by Gasteiger charge is 2.17. The first-order valence-electron chi connectivity index (χ1n) is 5.89. The minimum atomic E-state index is -1.17. The van der Waals surface area contributed by atoms with Gasteiger partial charge in [0, 0.05) is 0 Å². The summed E-state index contributed by atoms with van der Waals surface area (Å²) >= 11 is 0. The molecule has 0 aliphatic carbocycles. The lowest BCUT2D eigenvalue weighted by molar-refractivity contribution is -0.260. The summed E-state index contributed by atoms with van der Waals surface area (Å²) in [5.74, 6) is -1.55. The topological polar surface area (TPSA) is 98.9 Å². The third kappa shape index (κ3) is 8.65. The van der Waals surface area contributed by atoms with Gasteiger partial charge in [-0.3, -0.25) is 0 Å². The second kappa shape index (κ2) is 10.0. The highest BCUT2D eigenvalue weighted by atomic mass is 17.2. The van der Waals surface area contributed by atoms with Crippen LogP contribution in [0.5, 0.6) is 0 Å². The lowest BCUT2D eigenvalue weighted by atomic mass is 10.1. The zero-order valence-electron chi connectivity index (χ0n) is 10.2. The molecule has 0 aliphatic rings. The van der Waals surface area contributed by atoms with E-state index in [2.05, 4.69) is 16.7 Å². The van der Waals surface area contributed by atoms with Crippen LogP contribution < -0.4 is 5.73 Å². The molecular weight excluding hydrogens is 226 g/mol. The second-order valence-electron chi connectivity index (χ2n) is 3.81. The van der Waals surface area contributed by atoms with Gasteiger partial charge >= 0.3 is 11.9 Å². The largest absolute Gasteiger partial charge is 0.394 e. The van der Waals surface area contributed by atoms with E-state index in [1.807, 2.05) is 0 Å². The summed E-state index contributed by atoms with van der Waals surface area (Å²) in [7, 11) is 0. The molecule has 0 rings (SSSR count). The fraction of sp³-hybridized carbons (Fsp3) is 0.818. The molecule has 0 heterocycles. The molecule has 0 amide bonds. The molecular formula is C11H21NO5. The lowest BCUT2D eigenvalue weighted by Crippen LogP contribution is -2.36. The molecule has 6 heteroatoms. The number of nitrogens with two attached hydrogens (primary N) is 1. The Balaban J connectivity index is 3.49. The van der Waals surface area contributed by atoms with Gasteiger partial charge in [0.05, 0.1) is 13.0 Å². The number of carbonyl (C=O) groups excluding carboxylic acids is 2. The molecule has 0 spiro atoms. The smallest absolute Gasteiger partial charge is 0.374 e. The maximum Gasteiger partial charge on any atom is 0.374 e. The van der Waals surface area contributed by atoms with Crippen molar-refractivity contribution in [1.82, 2.24) is 0 Å².